The molecule has 1 N–H and O–H groups in total. The standard InChI is InChI=1S/C20H19ClN2O4/c21-15-5-2-1-4-12(15)9-23-10-13(8-18(23)25)22-20(26)14-11-27-17-7-3-6-16(24)19(14)17/h1-2,4-5,11,13H,3,6-10H2,(H,22,26). The molecule has 2 aliphatic rings. The average Bonchev–Trinajstić information content (AvgIpc) is 3.22. The first-order chi connectivity index (χ1) is 13.0. The van der Waals surface area contributed by atoms with Crippen LogP contribution in [-0.2, 0) is 17.8 Å². The Bertz CT molecular complexity index is 920. The SMILES string of the molecule is O=C(NC1CC(=O)N(Cc2ccccc2Cl)C1)c1coc2c1C(=O)CCC2. The molecule has 27 heavy (non-hydrogen) atoms. The van der Waals surface area contributed by atoms with Gasteiger partial charge < -0.3 is 14.6 Å². The van der Waals surface area contributed by atoms with Gasteiger partial charge in [-0.1, -0.05) is 29.8 Å². The van der Waals surface area contributed by atoms with Crippen LogP contribution in [0, 0.1) is 0 Å². The number of rotatable bonds is 4. The van der Waals surface area contributed by atoms with Gasteiger partial charge in [-0.15, -0.1) is 0 Å². The predicted octanol–water partition coefficient (Wildman–Crippen LogP) is 2.98. The van der Waals surface area contributed by atoms with Gasteiger partial charge in [-0.25, -0.2) is 0 Å². The summed E-state index contributed by atoms with van der Waals surface area (Å²) in [6, 6.07) is 7.07. The van der Waals surface area contributed by atoms with Crippen LogP contribution in [-0.4, -0.2) is 35.1 Å². The first-order valence-electron chi connectivity index (χ1n) is 8.98. The van der Waals surface area contributed by atoms with E-state index in [4.69, 9.17) is 16.0 Å². The molecule has 2 aromatic rings. The van der Waals surface area contributed by atoms with E-state index >= 15 is 0 Å². The van der Waals surface area contributed by atoms with Crippen molar-refractivity contribution in [2.45, 2.75) is 38.3 Å². The second-order valence-corrected chi connectivity index (χ2v) is 7.37. The van der Waals surface area contributed by atoms with E-state index in [1.165, 1.54) is 6.26 Å². The second-order valence-electron chi connectivity index (χ2n) is 6.96. The molecule has 1 fully saturated rings. The summed E-state index contributed by atoms with van der Waals surface area (Å²) >= 11 is 6.17. The molecule has 0 spiro atoms. The molecule has 1 aromatic heterocycles. The molecule has 1 aromatic carbocycles. The Morgan fingerprint density at radius 2 is 2.07 bits per heavy atom. The number of benzene rings is 1. The molecule has 1 atom stereocenters. The van der Waals surface area contributed by atoms with E-state index in [-0.39, 0.29) is 35.6 Å². The Morgan fingerprint density at radius 1 is 1.26 bits per heavy atom. The van der Waals surface area contributed by atoms with Crippen molar-refractivity contribution in [3.8, 4) is 0 Å². The molecule has 0 saturated carbocycles. The third-order valence-electron chi connectivity index (χ3n) is 5.07. The lowest BCUT2D eigenvalue weighted by molar-refractivity contribution is -0.128. The number of nitrogens with one attached hydrogen (secondary N) is 1. The number of furan rings is 1. The quantitative estimate of drug-likeness (QED) is 0.876. The number of ketones is 1. The largest absolute Gasteiger partial charge is 0.468 e. The monoisotopic (exact) mass is 386 g/mol. The van der Waals surface area contributed by atoms with Gasteiger partial charge in [-0.2, -0.15) is 0 Å². The van der Waals surface area contributed by atoms with Gasteiger partial charge in [0.15, 0.2) is 5.78 Å². The summed E-state index contributed by atoms with van der Waals surface area (Å²) in [6.07, 6.45) is 3.42. The van der Waals surface area contributed by atoms with Gasteiger partial charge >= 0.3 is 0 Å². The normalized spacial score (nSPS) is 19.3. The molecule has 7 heteroatoms. The zero-order chi connectivity index (χ0) is 19.0. The third-order valence-corrected chi connectivity index (χ3v) is 5.44. The maximum Gasteiger partial charge on any atom is 0.255 e. The first kappa shape index (κ1) is 17.8. The molecular formula is C20H19ClN2O4. The molecule has 1 aliphatic heterocycles. The summed E-state index contributed by atoms with van der Waals surface area (Å²) < 4.78 is 5.40. The Labute approximate surface area is 161 Å². The van der Waals surface area contributed by atoms with E-state index < -0.39 is 0 Å². The van der Waals surface area contributed by atoms with E-state index in [9.17, 15) is 14.4 Å². The summed E-state index contributed by atoms with van der Waals surface area (Å²) in [5.74, 6) is 0.121. The van der Waals surface area contributed by atoms with E-state index in [0.717, 1.165) is 12.0 Å². The van der Waals surface area contributed by atoms with Crippen molar-refractivity contribution in [2.75, 3.05) is 6.54 Å². The number of nitrogens with zero attached hydrogens (tertiary/aromatic N) is 1. The first-order valence-corrected chi connectivity index (χ1v) is 9.36. The fourth-order valence-electron chi connectivity index (χ4n) is 3.71. The van der Waals surface area contributed by atoms with Crippen molar-refractivity contribution in [2.24, 2.45) is 0 Å². The van der Waals surface area contributed by atoms with Gasteiger partial charge in [-0.3, -0.25) is 14.4 Å². The number of fused-ring (bicyclic) bond motifs is 1. The van der Waals surface area contributed by atoms with Gasteiger partial charge in [0.1, 0.15) is 12.0 Å². The highest BCUT2D eigenvalue weighted by molar-refractivity contribution is 6.31. The lowest BCUT2D eigenvalue weighted by Gasteiger charge is -2.18. The average molecular weight is 387 g/mol. The molecule has 0 bridgehead atoms. The predicted molar refractivity (Wildman–Crippen MR) is 98.7 cm³/mol. The topological polar surface area (TPSA) is 79.6 Å². The highest BCUT2D eigenvalue weighted by Gasteiger charge is 2.33. The number of carbonyl (C=O) groups excluding carboxylic acids is 3. The number of amides is 2. The molecular weight excluding hydrogens is 368 g/mol. The molecule has 2 amide bonds. The van der Waals surface area contributed by atoms with E-state index in [1.54, 1.807) is 11.0 Å². The number of aryl methyl sites for hydroxylation is 1. The number of likely N-dealkylation sites (tertiary alicyclic amines) is 1. The minimum atomic E-state index is -0.368. The van der Waals surface area contributed by atoms with Crippen LogP contribution in [0.4, 0.5) is 0 Å². The molecule has 2 heterocycles. The molecule has 140 valence electrons. The van der Waals surface area contributed by atoms with Gasteiger partial charge in [0.25, 0.3) is 5.91 Å². The summed E-state index contributed by atoms with van der Waals surface area (Å²) in [5.41, 5.74) is 1.54. The third kappa shape index (κ3) is 3.49. The van der Waals surface area contributed by atoms with E-state index in [2.05, 4.69) is 5.32 Å². The van der Waals surface area contributed by atoms with Crippen molar-refractivity contribution in [3.05, 3.63) is 58.0 Å². The van der Waals surface area contributed by atoms with Crippen LogP contribution in [0.1, 0.15) is 51.3 Å². The molecule has 4 rings (SSSR count). The lowest BCUT2D eigenvalue weighted by Crippen LogP contribution is -2.37. The summed E-state index contributed by atoms with van der Waals surface area (Å²) in [7, 11) is 0. The van der Waals surface area contributed by atoms with Crippen LogP contribution in [0.5, 0.6) is 0 Å². The van der Waals surface area contributed by atoms with Crippen LogP contribution >= 0.6 is 11.6 Å². The van der Waals surface area contributed by atoms with Crippen LogP contribution in [0.15, 0.2) is 34.9 Å². The van der Waals surface area contributed by atoms with Crippen LogP contribution < -0.4 is 5.32 Å². The fraction of sp³-hybridized carbons (Fsp3) is 0.350. The van der Waals surface area contributed by atoms with Crippen molar-refractivity contribution in [1.82, 2.24) is 10.2 Å². The zero-order valence-electron chi connectivity index (χ0n) is 14.7. The smallest absolute Gasteiger partial charge is 0.255 e. The molecule has 6 nitrogen and oxygen atoms in total. The minimum Gasteiger partial charge on any atom is -0.468 e. The fourth-order valence-corrected chi connectivity index (χ4v) is 3.90. The molecule has 0 radical (unpaired) electrons. The molecule has 1 saturated heterocycles. The maximum atomic E-state index is 12.6. The summed E-state index contributed by atoms with van der Waals surface area (Å²) in [4.78, 5) is 38.8. The highest BCUT2D eigenvalue weighted by atomic mass is 35.5. The highest BCUT2D eigenvalue weighted by Crippen LogP contribution is 2.27. The van der Waals surface area contributed by atoms with Crippen LogP contribution in [0.2, 0.25) is 5.02 Å². The summed E-state index contributed by atoms with van der Waals surface area (Å²) in [6.45, 7) is 0.814. The Morgan fingerprint density at radius 3 is 2.89 bits per heavy atom. The Kier molecular flexibility index (Phi) is 4.74. The van der Waals surface area contributed by atoms with Crippen molar-refractivity contribution < 1.29 is 18.8 Å². The Balaban J connectivity index is 1.43. The van der Waals surface area contributed by atoms with Crippen molar-refractivity contribution >= 4 is 29.2 Å². The van der Waals surface area contributed by atoms with Gasteiger partial charge in [-0.05, 0) is 18.1 Å². The number of carbonyl (C=O) groups is 3. The van der Waals surface area contributed by atoms with E-state index in [1.807, 2.05) is 18.2 Å². The maximum absolute atomic E-state index is 12.6. The zero-order valence-corrected chi connectivity index (χ0v) is 15.4. The number of hydrogen-bond acceptors (Lipinski definition) is 4. The molecule has 1 unspecified atom stereocenters. The minimum absolute atomic E-state index is 0.0366. The summed E-state index contributed by atoms with van der Waals surface area (Å²) in [5, 5.41) is 3.48. The number of halogens is 1. The second kappa shape index (κ2) is 7.19. The number of Topliss-reactive ketones (excluding diaryl/α,β-unsaturated/α-hetero) is 1. The molecule has 1 aliphatic carbocycles. The lowest BCUT2D eigenvalue weighted by atomic mass is 9.94. The van der Waals surface area contributed by atoms with Gasteiger partial charge in [0.05, 0.1) is 17.2 Å². The Hall–Kier alpha value is -2.60. The number of hydrogen-bond donors (Lipinski definition) is 1. The van der Waals surface area contributed by atoms with Crippen molar-refractivity contribution in [3.63, 3.8) is 0 Å². The van der Waals surface area contributed by atoms with Gasteiger partial charge in [0, 0.05) is 37.4 Å². The van der Waals surface area contributed by atoms with Crippen molar-refractivity contribution in [1.29, 1.82) is 0 Å². The van der Waals surface area contributed by atoms with E-state index in [0.29, 0.717) is 42.3 Å². The van der Waals surface area contributed by atoms with Gasteiger partial charge in [0.2, 0.25) is 5.91 Å². The van der Waals surface area contributed by atoms with Crippen LogP contribution in [0.3, 0.4) is 0 Å². The van der Waals surface area contributed by atoms with Crippen LogP contribution in [0.25, 0.3) is 0 Å².